The molecule has 2 aromatic rings. The summed E-state index contributed by atoms with van der Waals surface area (Å²) >= 11 is 1.88. The summed E-state index contributed by atoms with van der Waals surface area (Å²) < 4.78 is 5.86. The molecule has 26 heavy (non-hydrogen) atoms. The highest BCUT2D eigenvalue weighted by Gasteiger charge is 2.22. The third-order valence-electron chi connectivity index (χ3n) is 5.08. The smallest absolute Gasteiger partial charge is 0.127 e. The maximum absolute atomic E-state index is 5.86. The molecule has 0 amide bonds. The quantitative estimate of drug-likeness (QED) is 0.507. The lowest BCUT2D eigenvalue weighted by Gasteiger charge is -2.29. The summed E-state index contributed by atoms with van der Waals surface area (Å²) in [6.07, 6.45) is 0. The highest BCUT2D eigenvalue weighted by Crippen LogP contribution is 2.17. The molecule has 1 heterocycles. The van der Waals surface area contributed by atoms with Crippen LogP contribution in [0.3, 0.4) is 0 Å². The van der Waals surface area contributed by atoms with Crippen LogP contribution in [0.5, 0.6) is 0 Å². The van der Waals surface area contributed by atoms with Crippen molar-refractivity contribution in [2.24, 2.45) is 0 Å². The van der Waals surface area contributed by atoms with Crippen molar-refractivity contribution in [1.29, 1.82) is 0 Å². The molecule has 0 unspecified atom stereocenters. The van der Waals surface area contributed by atoms with Crippen LogP contribution >= 0.6 is 11.8 Å². The Morgan fingerprint density at radius 1 is 0.846 bits per heavy atom. The van der Waals surface area contributed by atoms with Gasteiger partial charge in [-0.15, -0.1) is 11.8 Å². The Hall–Kier alpha value is -1.33. The van der Waals surface area contributed by atoms with Crippen molar-refractivity contribution >= 4 is 11.8 Å². The van der Waals surface area contributed by atoms with E-state index in [0.717, 1.165) is 25.5 Å². The topological polar surface area (TPSA) is 18.1 Å². The Bertz CT molecular complexity index is 624. The Balaban J connectivity index is 1.22. The van der Waals surface area contributed by atoms with E-state index in [0.29, 0.717) is 0 Å². The highest BCUT2D eigenvalue weighted by atomic mass is 32.2. The van der Waals surface area contributed by atoms with Crippen molar-refractivity contribution in [2.75, 3.05) is 51.7 Å². The number of benzene rings is 2. The first-order chi connectivity index (χ1) is 12.8. The third kappa shape index (κ3) is 6.76. The molecular weight excluding hydrogens is 340 g/mol. The second-order valence-corrected chi connectivity index (χ2v) is 8.35. The van der Waals surface area contributed by atoms with Gasteiger partial charge in [0.15, 0.2) is 0 Å². The molecule has 1 fully saturated rings. The molecule has 0 radical (unpaired) electrons. The van der Waals surface area contributed by atoms with Crippen molar-refractivity contribution in [3.05, 3.63) is 65.7 Å². The van der Waals surface area contributed by atoms with Gasteiger partial charge in [0.05, 0.1) is 13.2 Å². The lowest BCUT2D eigenvalue weighted by molar-refractivity contribution is -1.02. The molecule has 140 valence electrons. The molecule has 1 saturated heterocycles. The van der Waals surface area contributed by atoms with Crippen molar-refractivity contribution in [1.82, 2.24) is 0 Å². The van der Waals surface area contributed by atoms with Gasteiger partial charge in [-0.2, -0.15) is 0 Å². The SMILES string of the molecule is Cc1ccc(SCCOCC[NH+]2CC[NH+](Cc3ccccc3)CC2)cc1. The summed E-state index contributed by atoms with van der Waals surface area (Å²) in [6, 6.07) is 19.6. The fraction of sp³-hybridized carbons (Fsp3) is 0.455. The van der Waals surface area contributed by atoms with Gasteiger partial charge in [0, 0.05) is 16.2 Å². The number of piperazine rings is 1. The zero-order valence-corrected chi connectivity index (χ0v) is 16.7. The molecule has 4 heteroatoms. The second kappa shape index (κ2) is 10.7. The molecule has 0 saturated carbocycles. The van der Waals surface area contributed by atoms with Crippen molar-refractivity contribution < 1.29 is 14.5 Å². The van der Waals surface area contributed by atoms with E-state index in [1.165, 1.54) is 48.7 Å². The number of aryl methyl sites for hydroxylation is 1. The first-order valence-corrected chi connectivity index (χ1v) is 10.8. The number of hydrogen-bond acceptors (Lipinski definition) is 2. The van der Waals surface area contributed by atoms with Crippen molar-refractivity contribution in [3.8, 4) is 0 Å². The van der Waals surface area contributed by atoms with Crippen LogP contribution in [0, 0.1) is 6.92 Å². The van der Waals surface area contributed by atoms with Gasteiger partial charge in [-0.1, -0.05) is 48.0 Å². The molecule has 0 aliphatic carbocycles. The minimum absolute atomic E-state index is 0.844. The van der Waals surface area contributed by atoms with Crippen LogP contribution in [0.15, 0.2) is 59.5 Å². The lowest BCUT2D eigenvalue weighted by atomic mass is 10.2. The Morgan fingerprint density at radius 3 is 2.27 bits per heavy atom. The molecule has 0 atom stereocenters. The molecule has 0 bridgehead atoms. The lowest BCUT2D eigenvalue weighted by Crippen LogP contribution is -3.27. The maximum atomic E-state index is 5.86. The number of thioether (sulfide) groups is 1. The number of hydrogen-bond donors (Lipinski definition) is 2. The van der Waals surface area contributed by atoms with E-state index in [1.54, 1.807) is 9.80 Å². The normalized spacial score (nSPS) is 20.2. The summed E-state index contributed by atoms with van der Waals surface area (Å²) in [5.74, 6) is 1.04. The summed E-state index contributed by atoms with van der Waals surface area (Å²) in [5.41, 5.74) is 2.78. The van der Waals surface area contributed by atoms with Gasteiger partial charge in [0.1, 0.15) is 39.3 Å². The summed E-state index contributed by atoms with van der Waals surface area (Å²) in [5, 5.41) is 0. The van der Waals surface area contributed by atoms with Crippen LogP contribution in [0.1, 0.15) is 11.1 Å². The number of nitrogens with one attached hydrogen (secondary N) is 2. The molecular formula is C22H32N2OS+2. The molecule has 3 nitrogen and oxygen atoms in total. The molecule has 1 aliphatic rings. The van der Waals surface area contributed by atoms with Gasteiger partial charge < -0.3 is 14.5 Å². The van der Waals surface area contributed by atoms with Crippen molar-refractivity contribution in [3.63, 3.8) is 0 Å². The maximum Gasteiger partial charge on any atom is 0.127 e. The van der Waals surface area contributed by atoms with Crippen LogP contribution in [0.4, 0.5) is 0 Å². The third-order valence-corrected chi connectivity index (χ3v) is 6.05. The molecule has 1 aliphatic heterocycles. The van der Waals surface area contributed by atoms with E-state index in [9.17, 15) is 0 Å². The van der Waals surface area contributed by atoms with Crippen LogP contribution < -0.4 is 9.80 Å². The second-order valence-electron chi connectivity index (χ2n) is 7.19. The van der Waals surface area contributed by atoms with Gasteiger partial charge in [-0.25, -0.2) is 0 Å². The van der Waals surface area contributed by atoms with Gasteiger partial charge in [-0.05, 0) is 19.1 Å². The average molecular weight is 373 g/mol. The highest BCUT2D eigenvalue weighted by molar-refractivity contribution is 7.99. The standard InChI is InChI=1S/C22H30N2OS/c1-20-7-9-22(10-8-20)26-18-17-25-16-15-23-11-13-24(14-12-23)19-21-5-3-2-4-6-21/h2-10H,11-19H2,1H3/p+2. The van der Waals surface area contributed by atoms with E-state index in [-0.39, 0.29) is 0 Å². The van der Waals surface area contributed by atoms with Crippen LogP contribution in [-0.2, 0) is 11.3 Å². The Kier molecular flexibility index (Phi) is 8.02. The van der Waals surface area contributed by atoms with Gasteiger partial charge in [-0.3, -0.25) is 0 Å². The first-order valence-electron chi connectivity index (χ1n) is 9.78. The molecule has 3 rings (SSSR count). The van der Waals surface area contributed by atoms with E-state index in [1.807, 2.05) is 11.8 Å². The molecule has 2 N–H and O–H groups in total. The van der Waals surface area contributed by atoms with Gasteiger partial charge >= 0.3 is 0 Å². The largest absolute Gasteiger partial charge is 0.375 e. The zero-order chi connectivity index (χ0) is 18.0. The van der Waals surface area contributed by atoms with E-state index < -0.39 is 0 Å². The minimum Gasteiger partial charge on any atom is -0.375 e. The Labute approximate surface area is 162 Å². The fourth-order valence-corrected chi connectivity index (χ4v) is 4.21. The monoisotopic (exact) mass is 372 g/mol. The van der Waals surface area contributed by atoms with E-state index >= 15 is 0 Å². The minimum atomic E-state index is 0.844. The predicted octanol–water partition coefficient (Wildman–Crippen LogP) is 1.09. The van der Waals surface area contributed by atoms with Crippen molar-refractivity contribution in [2.45, 2.75) is 18.4 Å². The average Bonchev–Trinajstić information content (AvgIpc) is 2.68. The first kappa shape index (κ1) is 19.4. The van der Waals surface area contributed by atoms with E-state index in [4.69, 9.17) is 4.74 Å². The molecule has 0 aromatic heterocycles. The summed E-state index contributed by atoms with van der Waals surface area (Å²) in [6.45, 7) is 11.3. The number of rotatable bonds is 9. The van der Waals surface area contributed by atoms with Crippen LogP contribution in [0.2, 0.25) is 0 Å². The number of quaternary nitrogens is 2. The van der Waals surface area contributed by atoms with Crippen LogP contribution in [0.25, 0.3) is 0 Å². The summed E-state index contributed by atoms with van der Waals surface area (Å²) in [4.78, 5) is 4.76. The van der Waals surface area contributed by atoms with E-state index in [2.05, 4.69) is 61.5 Å². The Morgan fingerprint density at radius 2 is 1.54 bits per heavy atom. The van der Waals surface area contributed by atoms with Gasteiger partial charge in [0.25, 0.3) is 0 Å². The molecule has 0 spiro atoms. The molecule has 2 aromatic carbocycles. The number of ether oxygens (including phenoxy) is 1. The fourth-order valence-electron chi connectivity index (χ4n) is 3.44. The zero-order valence-electron chi connectivity index (χ0n) is 15.9. The van der Waals surface area contributed by atoms with Crippen LogP contribution in [-0.4, -0.2) is 51.7 Å². The predicted molar refractivity (Wildman–Crippen MR) is 109 cm³/mol. The summed E-state index contributed by atoms with van der Waals surface area (Å²) in [7, 11) is 0. The van der Waals surface area contributed by atoms with Gasteiger partial charge in [0.2, 0.25) is 0 Å².